The Balaban J connectivity index is 1.56. The number of aryl methyl sites for hydroxylation is 2. The summed E-state index contributed by atoms with van der Waals surface area (Å²) in [5.74, 6) is 1.22. The number of aromatic nitrogens is 3. The van der Waals surface area contributed by atoms with Crippen molar-refractivity contribution in [1.29, 1.82) is 0 Å². The predicted molar refractivity (Wildman–Crippen MR) is 130 cm³/mol. The van der Waals surface area contributed by atoms with Crippen LogP contribution in [0.5, 0.6) is 0 Å². The van der Waals surface area contributed by atoms with E-state index in [1.54, 1.807) is 0 Å². The molecule has 0 aliphatic heterocycles. The maximum atomic E-state index is 12.5. The lowest BCUT2D eigenvalue weighted by Gasteiger charge is -2.16. The van der Waals surface area contributed by atoms with Gasteiger partial charge in [0.05, 0.1) is 18.0 Å². The van der Waals surface area contributed by atoms with E-state index in [0.29, 0.717) is 18.3 Å². The van der Waals surface area contributed by atoms with E-state index in [0.717, 1.165) is 35.2 Å². The number of anilines is 1. The Hall–Kier alpha value is -2.80. The standard InChI is InChI=1S/C25H31N5OS/c1-17-10-8-14-22(19(17)3)30-23(15-26-21-13-7-4-9-18(21)2)28-29-25(30)32-16-24(31)27-20-11-5-6-12-20/h4,7-10,13-14,20,26H,5-6,11-12,15-16H2,1-3H3,(H,27,31). The molecule has 1 saturated carbocycles. The first-order valence-electron chi connectivity index (χ1n) is 11.3. The molecule has 0 atom stereocenters. The number of nitrogens with zero attached hydrogens (tertiary/aromatic N) is 3. The third kappa shape index (κ3) is 5.15. The molecule has 1 heterocycles. The largest absolute Gasteiger partial charge is 0.378 e. The molecule has 168 valence electrons. The van der Waals surface area contributed by atoms with Gasteiger partial charge in [-0.05, 0) is 62.4 Å². The molecule has 4 rings (SSSR count). The molecule has 0 unspecified atom stereocenters. The molecule has 6 nitrogen and oxygen atoms in total. The molecule has 7 heteroatoms. The quantitative estimate of drug-likeness (QED) is 0.476. The number of hydrogen-bond acceptors (Lipinski definition) is 5. The highest BCUT2D eigenvalue weighted by Crippen LogP contribution is 2.27. The molecule has 0 saturated heterocycles. The molecule has 0 radical (unpaired) electrons. The van der Waals surface area contributed by atoms with Crippen LogP contribution in [0, 0.1) is 20.8 Å². The third-order valence-electron chi connectivity index (χ3n) is 6.15. The monoisotopic (exact) mass is 449 g/mol. The molecule has 2 aromatic carbocycles. The Morgan fingerprint density at radius 2 is 1.78 bits per heavy atom. The van der Waals surface area contributed by atoms with Gasteiger partial charge in [-0.25, -0.2) is 0 Å². The maximum Gasteiger partial charge on any atom is 0.230 e. The van der Waals surface area contributed by atoms with Crippen molar-refractivity contribution in [1.82, 2.24) is 20.1 Å². The van der Waals surface area contributed by atoms with Crippen LogP contribution in [0.3, 0.4) is 0 Å². The van der Waals surface area contributed by atoms with Crippen LogP contribution in [0.2, 0.25) is 0 Å². The molecule has 32 heavy (non-hydrogen) atoms. The second-order valence-corrected chi connectivity index (χ2v) is 9.40. The van der Waals surface area contributed by atoms with Crippen LogP contribution in [-0.2, 0) is 11.3 Å². The normalized spacial score (nSPS) is 14.0. The SMILES string of the molecule is Cc1ccccc1NCc1nnc(SCC(=O)NC2CCCC2)n1-c1cccc(C)c1C. The fourth-order valence-corrected chi connectivity index (χ4v) is 4.92. The summed E-state index contributed by atoms with van der Waals surface area (Å²) >= 11 is 1.44. The summed E-state index contributed by atoms with van der Waals surface area (Å²) in [4.78, 5) is 12.5. The van der Waals surface area contributed by atoms with E-state index >= 15 is 0 Å². The van der Waals surface area contributed by atoms with Gasteiger partial charge in [0.2, 0.25) is 5.91 Å². The van der Waals surface area contributed by atoms with Crippen molar-refractivity contribution >= 4 is 23.4 Å². The number of thioether (sulfide) groups is 1. The van der Waals surface area contributed by atoms with Gasteiger partial charge in [0.15, 0.2) is 11.0 Å². The van der Waals surface area contributed by atoms with Crippen LogP contribution in [0.25, 0.3) is 5.69 Å². The number of benzene rings is 2. The van der Waals surface area contributed by atoms with Gasteiger partial charge in [-0.2, -0.15) is 0 Å². The molecule has 1 aliphatic rings. The Kier molecular flexibility index (Phi) is 7.15. The fraction of sp³-hybridized carbons (Fsp3) is 0.400. The summed E-state index contributed by atoms with van der Waals surface area (Å²) in [6.45, 7) is 6.85. The molecular weight excluding hydrogens is 418 g/mol. The highest BCUT2D eigenvalue weighted by molar-refractivity contribution is 7.99. The summed E-state index contributed by atoms with van der Waals surface area (Å²) in [5, 5.41) is 16.3. The van der Waals surface area contributed by atoms with Crippen LogP contribution < -0.4 is 10.6 Å². The van der Waals surface area contributed by atoms with Crippen LogP contribution in [0.4, 0.5) is 5.69 Å². The summed E-state index contributed by atoms with van der Waals surface area (Å²) in [6.07, 6.45) is 4.58. The zero-order valence-electron chi connectivity index (χ0n) is 19.0. The van der Waals surface area contributed by atoms with Crippen LogP contribution >= 0.6 is 11.8 Å². The Morgan fingerprint density at radius 1 is 1.03 bits per heavy atom. The number of carbonyl (C=O) groups is 1. The highest BCUT2D eigenvalue weighted by Gasteiger charge is 2.20. The minimum Gasteiger partial charge on any atom is -0.378 e. The summed E-state index contributed by atoms with van der Waals surface area (Å²) in [7, 11) is 0. The van der Waals surface area contributed by atoms with Gasteiger partial charge in [0.25, 0.3) is 0 Å². The Morgan fingerprint density at radius 3 is 2.56 bits per heavy atom. The van der Waals surface area contributed by atoms with Crippen molar-refractivity contribution in [2.45, 2.75) is 64.2 Å². The van der Waals surface area contributed by atoms with Crippen molar-refractivity contribution in [3.63, 3.8) is 0 Å². The summed E-state index contributed by atoms with van der Waals surface area (Å²) < 4.78 is 2.08. The fourth-order valence-electron chi connectivity index (χ4n) is 4.14. The molecule has 1 fully saturated rings. The topological polar surface area (TPSA) is 71.8 Å². The number of carbonyl (C=O) groups excluding carboxylic acids is 1. The van der Waals surface area contributed by atoms with Crippen LogP contribution in [-0.4, -0.2) is 32.5 Å². The van der Waals surface area contributed by atoms with E-state index in [2.05, 4.69) is 76.5 Å². The zero-order chi connectivity index (χ0) is 22.5. The maximum absolute atomic E-state index is 12.5. The van der Waals surface area contributed by atoms with Gasteiger partial charge >= 0.3 is 0 Å². The van der Waals surface area contributed by atoms with E-state index in [1.165, 1.54) is 41.3 Å². The van der Waals surface area contributed by atoms with Gasteiger partial charge in [0, 0.05) is 11.7 Å². The number of para-hydroxylation sites is 1. The average Bonchev–Trinajstić information content (AvgIpc) is 3.43. The van der Waals surface area contributed by atoms with E-state index in [4.69, 9.17) is 0 Å². The van der Waals surface area contributed by atoms with Gasteiger partial charge < -0.3 is 10.6 Å². The van der Waals surface area contributed by atoms with E-state index in [1.807, 2.05) is 12.1 Å². The van der Waals surface area contributed by atoms with Crippen molar-refractivity contribution in [3.05, 3.63) is 65.0 Å². The molecule has 3 aromatic rings. The Labute approximate surface area is 194 Å². The summed E-state index contributed by atoms with van der Waals surface area (Å²) in [5.41, 5.74) is 5.71. The second-order valence-electron chi connectivity index (χ2n) is 8.46. The third-order valence-corrected chi connectivity index (χ3v) is 7.08. The number of nitrogens with one attached hydrogen (secondary N) is 2. The van der Waals surface area contributed by atoms with Crippen molar-refractivity contribution in [3.8, 4) is 5.69 Å². The predicted octanol–water partition coefficient (Wildman–Crippen LogP) is 4.96. The van der Waals surface area contributed by atoms with E-state index in [9.17, 15) is 4.79 Å². The van der Waals surface area contributed by atoms with Gasteiger partial charge in [-0.15, -0.1) is 10.2 Å². The molecule has 1 aromatic heterocycles. The first-order valence-corrected chi connectivity index (χ1v) is 12.2. The second kappa shape index (κ2) is 10.2. The Bertz CT molecular complexity index is 1090. The average molecular weight is 450 g/mol. The lowest BCUT2D eigenvalue weighted by atomic mass is 10.1. The highest BCUT2D eigenvalue weighted by atomic mass is 32.2. The molecule has 2 N–H and O–H groups in total. The van der Waals surface area contributed by atoms with Gasteiger partial charge in [0.1, 0.15) is 0 Å². The lowest BCUT2D eigenvalue weighted by molar-refractivity contribution is -0.119. The van der Waals surface area contributed by atoms with Crippen LogP contribution in [0.15, 0.2) is 47.6 Å². The van der Waals surface area contributed by atoms with Gasteiger partial charge in [-0.3, -0.25) is 9.36 Å². The van der Waals surface area contributed by atoms with Crippen molar-refractivity contribution in [2.24, 2.45) is 0 Å². The summed E-state index contributed by atoms with van der Waals surface area (Å²) in [6, 6.07) is 14.8. The van der Waals surface area contributed by atoms with Crippen molar-refractivity contribution < 1.29 is 4.79 Å². The molecule has 0 bridgehead atoms. The minimum absolute atomic E-state index is 0.0667. The van der Waals surface area contributed by atoms with Crippen molar-refractivity contribution in [2.75, 3.05) is 11.1 Å². The zero-order valence-corrected chi connectivity index (χ0v) is 19.8. The van der Waals surface area contributed by atoms with E-state index < -0.39 is 0 Å². The number of rotatable bonds is 8. The first-order chi connectivity index (χ1) is 15.5. The molecule has 0 spiro atoms. The van der Waals surface area contributed by atoms with Gasteiger partial charge in [-0.1, -0.05) is 54.9 Å². The minimum atomic E-state index is 0.0667. The number of hydrogen-bond donors (Lipinski definition) is 2. The molecule has 1 amide bonds. The molecular formula is C25H31N5OS. The smallest absolute Gasteiger partial charge is 0.230 e. The van der Waals surface area contributed by atoms with Crippen LogP contribution in [0.1, 0.15) is 48.2 Å². The molecule has 1 aliphatic carbocycles. The number of amides is 1. The lowest BCUT2D eigenvalue weighted by Crippen LogP contribution is -2.33. The van der Waals surface area contributed by atoms with E-state index in [-0.39, 0.29) is 5.91 Å². The first kappa shape index (κ1) is 22.4.